The predicted molar refractivity (Wildman–Crippen MR) is 67.3 cm³/mol. The van der Waals surface area contributed by atoms with Gasteiger partial charge in [0.15, 0.2) is 5.83 Å². The molecule has 0 saturated heterocycles. The molecule has 4 heteroatoms. The Balaban J connectivity index is 2.19. The molecule has 0 aromatic carbocycles. The molecule has 2 nitrogen and oxygen atoms in total. The normalized spacial score (nSPS) is 24.8. The van der Waals surface area contributed by atoms with Crippen LogP contribution in [0, 0.1) is 5.92 Å². The number of fused-ring (bicyclic) bond motifs is 1. The van der Waals surface area contributed by atoms with E-state index in [-0.39, 0.29) is 10.9 Å². The van der Waals surface area contributed by atoms with Gasteiger partial charge in [0.25, 0.3) is 0 Å². The fourth-order valence-corrected chi connectivity index (χ4v) is 2.67. The van der Waals surface area contributed by atoms with Gasteiger partial charge in [0.1, 0.15) is 6.67 Å². The molecule has 0 aromatic heterocycles. The predicted octanol–water partition coefficient (Wildman–Crippen LogP) is 3.72. The summed E-state index contributed by atoms with van der Waals surface area (Å²) in [6.45, 7) is 4.14. The average molecular weight is 253 g/mol. The van der Waals surface area contributed by atoms with E-state index in [9.17, 15) is 4.39 Å². The number of halogens is 2. The molecule has 1 fully saturated rings. The fraction of sp³-hybridized carbons (Fsp3) is 0.462. The van der Waals surface area contributed by atoms with Crippen molar-refractivity contribution in [3.63, 3.8) is 0 Å². The van der Waals surface area contributed by atoms with Gasteiger partial charge >= 0.3 is 0 Å². The Hall–Kier alpha value is -1.09. The number of hydrogen-bond acceptors (Lipinski definition) is 2. The third-order valence-electron chi connectivity index (χ3n) is 3.61. The summed E-state index contributed by atoms with van der Waals surface area (Å²) in [5.74, 6) is 0.269. The summed E-state index contributed by atoms with van der Waals surface area (Å²) < 4.78 is 13.9. The van der Waals surface area contributed by atoms with E-state index in [4.69, 9.17) is 11.6 Å². The first-order valence-electron chi connectivity index (χ1n) is 5.86. The molecule has 0 aromatic rings. The number of nitrogens with zero attached hydrogens (tertiary/aromatic N) is 2. The molecule has 2 aliphatic heterocycles. The summed E-state index contributed by atoms with van der Waals surface area (Å²) >= 11 is 6.06. The quantitative estimate of drug-likeness (QED) is 0.694. The van der Waals surface area contributed by atoms with Gasteiger partial charge in [-0.05, 0) is 43.8 Å². The van der Waals surface area contributed by atoms with E-state index in [1.807, 2.05) is 18.0 Å². The second-order valence-electron chi connectivity index (χ2n) is 4.80. The molecule has 0 atom stereocenters. The lowest BCUT2D eigenvalue weighted by Crippen LogP contribution is -2.30. The highest BCUT2D eigenvalue weighted by Crippen LogP contribution is 2.45. The molecule has 0 radical (unpaired) electrons. The zero-order valence-corrected chi connectivity index (χ0v) is 10.7. The van der Waals surface area contributed by atoms with Gasteiger partial charge < -0.3 is 4.90 Å². The van der Waals surface area contributed by atoms with Crippen LogP contribution in [-0.2, 0) is 0 Å². The van der Waals surface area contributed by atoms with Crippen LogP contribution in [0.5, 0.6) is 0 Å². The van der Waals surface area contributed by atoms with Crippen molar-refractivity contribution in [3.05, 3.63) is 33.4 Å². The molecule has 3 aliphatic rings. The second kappa shape index (κ2) is 3.70. The van der Waals surface area contributed by atoms with Crippen LogP contribution in [0.15, 0.2) is 38.4 Å². The number of rotatable bonds is 1. The van der Waals surface area contributed by atoms with Crippen LogP contribution in [-0.4, -0.2) is 17.8 Å². The number of allylic oxidation sites excluding steroid dienone is 5. The van der Waals surface area contributed by atoms with Gasteiger partial charge in [-0.1, -0.05) is 11.6 Å². The Labute approximate surface area is 105 Å². The molecule has 17 heavy (non-hydrogen) atoms. The molecular formula is C13H14ClFN2. The lowest BCUT2D eigenvalue weighted by Gasteiger charge is -2.35. The van der Waals surface area contributed by atoms with Gasteiger partial charge in [-0.25, -0.2) is 4.39 Å². The minimum atomic E-state index is -0.319. The van der Waals surface area contributed by atoms with E-state index >= 15 is 0 Å². The molecule has 3 rings (SSSR count). The highest BCUT2D eigenvalue weighted by Gasteiger charge is 2.35. The maximum absolute atomic E-state index is 13.9. The van der Waals surface area contributed by atoms with Gasteiger partial charge in [0.2, 0.25) is 0 Å². The van der Waals surface area contributed by atoms with Crippen molar-refractivity contribution in [3.8, 4) is 0 Å². The Bertz CT molecular complexity index is 510. The van der Waals surface area contributed by atoms with Gasteiger partial charge in [0, 0.05) is 6.21 Å². The first kappa shape index (κ1) is 11.0. The molecule has 0 N–H and O–H groups in total. The summed E-state index contributed by atoms with van der Waals surface area (Å²) in [6, 6.07) is 0. The third kappa shape index (κ3) is 1.56. The maximum Gasteiger partial charge on any atom is 0.161 e. The van der Waals surface area contributed by atoms with E-state index in [0.29, 0.717) is 18.3 Å². The Morgan fingerprint density at radius 1 is 1.41 bits per heavy atom. The van der Waals surface area contributed by atoms with Crippen molar-refractivity contribution in [2.75, 3.05) is 6.67 Å². The lowest BCUT2D eigenvalue weighted by molar-refractivity contribution is 0.408. The second-order valence-corrected chi connectivity index (χ2v) is 5.18. The molecule has 1 aliphatic carbocycles. The Morgan fingerprint density at radius 3 is 2.76 bits per heavy atom. The topological polar surface area (TPSA) is 15.6 Å². The highest BCUT2D eigenvalue weighted by molar-refractivity contribution is 6.32. The smallest absolute Gasteiger partial charge is 0.161 e. The SMILES string of the molecule is CC1=C(Cl)C(F)=C(C)N2CN=CC(C3CC3)=C12. The molecule has 0 amide bonds. The van der Waals surface area contributed by atoms with Crippen molar-refractivity contribution >= 4 is 17.8 Å². The number of aliphatic imine (C=N–C) groups is 1. The Morgan fingerprint density at radius 2 is 2.12 bits per heavy atom. The van der Waals surface area contributed by atoms with E-state index in [2.05, 4.69) is 4.99 Å². The summed E-state index contributed by atoms with van der Waals surface area (Å²) in [5, 5.41) is 0.252. The van der Waals surface area contributed by atoms with Crippen LogP contribution in [0.3, 0.4) is 0 Å². The van der Waals surface area contributed by atoms with E-state index in [1.165, 1.54) is 18.4 Å². The molecule has 0 spiro atoms. The molecule has 0 unspecified atom stereocenters. The maximum atomic E-state index is 13.9. The first-order valence-corrected chi connectivity index (χ1v) is 6.24. The zero-order chi connectivity index (χ0) is 12.2. The van der Waals surface area contributed by atoms with E-state index in [0.717, 1.165) is 11.3 Å². The monoisotopic (exact) mass is 252 g/mol. The van der Waals surface area contributed by atoms with Crippen LogP contribution in [0.1, 0.15) is 26.7 Å². The molecule has 90 valence electrons. The zero-order valence-electron chi connectivity index (χ0n) is 9.93. The van der Waals surface area contributed by atoms with Crippen molar-refractivity contribution in [1.82, 2.24) is 4.90 Å². The lowest BCUT2D eigenvalue weighted by atomic mass is 9.98. The minimum absolute atomic E-state index is 0.252. The number of hydrogen-bond donors (Lipinski definition) is 0. The standard InChI is InChI=1S/C13H14ClFN2/c1-7-11(14)12(15)8(2)17-6-16-5-10(13(7)17)9-3-4-9/h5,9H,3-4,6H2,1-2H3. The van der Waals surface area contributed by atoms with Crippen LogP contribution < -0.4 is 0 Å². The van der Waals surface area contributed by atoms with Gasteiger partial charge in [-0.15, -0.1) is 0 Å². The molecule has 1 saturated carbocycles. The van der Waals surface area contributed by atoms with Crippen molar-refractivity contribution < 1.29 is 4.39 Å². The minimum Gasteiger partial charge on any atom is -0.322 e. The van der Waals surface area contributed by atoms with Crippen LogP contribution in [0.2, 0.25) is 0 Å². The van der Waals surface area contributed by atoms with Gasteiger partial charge in [-0.2, -0.15) is 0 Å². The summed E-state index contributed by atoms with van der Waals surface area (Å²) in [7, 11) is 0. The highest BCUT2D eigenvalue weighted by atomic mass is 35.5. The van der Waals surface area contributed by atoms with Gasteiger partial charge in [-0.3, -0.25) is 4.99 Å². The Kier molecular flexibility index (Phi) is 2.40. The van der Waals surface area contributed by atoms with E-state index in [1.54, 1.807) is 6.92 Å². The summed E-state index contributed by atoms with van der Waals surface area (Å²) in [5.41, 5.74) is 3.71. The first-order chi connectivity index (χ1) is 8.11. The molecule has 2 heterocycles. The van der Waals surface area contributed by atoms with Crippen LogP contribution >= 0.6 is 11.6 Å². The van der Waals surface area contributed by atoms with Crippen molar-refractivity contribution in [2.45, 2.75) is 26.7 Å². The van der Waals surface area contributed by atoms with Crippen molar-refractivity contribution in [1.29, 1.82) is 0 Å². The summed E-state index contributed by atoms with van der Waals surface area (Å²) in [6.07, 6.45) is 4.34. The largest absolute Gasteiger partial charge is 0.322 e. The fourth-order valence-electron chi connectivity index (χ4n) is 2.44. The van der Waals surface area contributed by atoms with Crippen LogP contribution in [0.4, 0.5) is 4.39 Å². The van der Waals surface area contributed by atoms with Crippen LogP contribution in [0.25, 0.3) is 0 Å². The average Bonchev–Trinajstić information content (AvgIpc) is 3.17. The van der Waals surface area contributed by atoms with Crippen molar-refractivity contribution in [2.24, 2.45) is 10.9 Å². The third-order valence-corrected chi connectivity index (χ3v) is 4.06. The molecule has 0 bridgehead atoms. The summed E-state index contributed by atoms with van der Waals surface area (Å²) in [4.78, 5) is 6.26. The van der Waals surface area contributed by atoms with E-state index < -0.39 is 0 Å². The van der Waals surface area contributed by atoms with Gasteiger partial charge in [0.05, 0.1) is 16.4 Å². The molecular weight excluding hydrogens is 239 g/mol.